The molecule has 0 bridgehead atoms. The number of hydrogen-bond acceptors (Lipinski definition) is 5. The maximum atomic E-state index is 13.7. The molecule has 1 saturated carbocycles. The summed E-state index contributed by atoms with van der Waals surface area (Å²) in [5.74, 6) is -2.10. The van der Waals surface area contributed by atoms with Crippen LogP contribution in [0.2, 0.25) is 0 Å². The van der Waals surface area contributed by atoms with Crippen molar-refractivity contribution < 1.29 is 28.2 Å². The quantitative estimate of drug-likeness (QED) is 0.602. The molecule has 0 radical (unpaired) electrons. The van der Waals surface area contributed by atoms with Crippen LogP contribution in [0.15, 0.2) is 18.2 Å². The van der Waals surface area contributed by atoms with Crippen LogP contribution in [-0.2, 0) is 14.3 Å². The second kappa shape index (κ2) is 8.60. The van der Waals surface area contributed by atoms with Gasteiger partial charge in [-0.2, -0.15) is 0 Å². The lowest BCUT2D eigenvalue weighted by molar-refractivity contribution is -0.148. The van der Waals surface area contributed by atoms with Gasteiger partial charge in [0.2, 0.25) is 5.91 Å². The second-order valence-corrected chi connectivity index (χ2v) is 6.10. The lowest BCUT2D eigenvalue weighted by Crippen LogP contribution is -2.45. The number of halogens is 1. The van der Waals surface area contributed by atoms with Crippen molar-refractivity contribution in [1.29, 1.82) is 0 Å². The van der Waals surface area contributed by atoms with E-state index >= 15 is 0 Å². The molecule has 0 spiro atoms. The van der Waals surface area contributed by atoms with Crippen molar-refractivity contribution >= 4 is 17.7 Å². The maximum Gasteiger partial charge on any atom is 0.329 e. The number of rotatable bonds is 7. The summed E-state index contributed by atoms with van der Waals surface area (Å²) in [5.41, 5.74) is 0.0862. The molecule has 25 heavy (non-hydrogen) atoms. The van der Waals surface area contributed by atoms with E-state index in [0.29, 0.717) is 0 Å². The predicted octanol–water partition coefficient (Wildman–Crippen LogP) is 2.26. The summed E-state index contributed by atoms with van der Waals surface area (Å²) in [5, 5.41) is 2.61. The Kier molecular flexibility index (Phi) is 6.50. The topological polar surface area (TPSA) is 81.7 Å². The van der Waals surface area contributed by atoms with E-state index in [0.717, 1.165) is 31.7 Å². The van der Waals surface area contributed by atoms with E-state index in [2.05, 4.69) is 5.32 Å². The zero-order valence-electron chi connectivity index (χ0n) is 14.3. The number of ether oxygens (including phenoxy) is 2. The Morgan fingerprint density at radius 1 is 1.28 bits per heavy atom. The highest BCUT2D eigenvalue weighted by atomic mass is 19.1. The molecule has 0 saturated heterocycles. The minimum atomic E-state index is -0.750. The number of ketones is 1. The highest BCUT2D eigenvalue weighted by Crippen LogP contribution is 2.28. The third-order valence-electron chi connectivity index (χ3n) is 4.30. The number of amides is 1. The summed E-state index contributed by atoms with van der Waals surface area (Å²) >= 11 is 0. The number of methoxy groups -OCH3 is 1. The van der Waals surface area contributed by atoms with Crippen molar-refractivity contribution in [3.8, 4) is 5.75 Å². The van der Waals surface area contributed by atoms with Gasteiger partial charge in [-0.25, -0.2) is 9.18 Å². The Labute approximate surface area is 145 Å². The molecule has 1 amide bonds. The number of esters is 1. The molecule has 1 N–H and O–H groups in total. The standard InChI is InChI=1S/C18H22FNO5/c1-11(21)20-17(12-5-3-4-6-12)18(23)25-10-15(22)13-7-8-16(24-2)14(19)9-13/h7-9,12,17H,3-6,10H2,1-2H3,(H,20,21). The first-order chi connectivity index (χ1) is 11.9. The zero-order valence-corrected chi connectivity index (χ0v) is 14.3. The van der Waals surface area contributed by atoms with E-state index in [1.54, 1.807) is 0 Å². The van der Waals surface area contributed by atoms with Crippen molar-refractivity contribution in [3.05, 3.63) is 29.6 Å². The highest BCUT2D eigenvalue weighted by Gasteiger charge is 2.32. The van der Waals surface area contributed by atoms with Gasteiger partial charge in [-0.1, -0.05) is 12.8 Å². The molecule has 1 aromatic carbocycles. The lowest BCUT2D eigenvalue weighted by Gasteiger charge is -2.22. The molecule has 1 atom stereocenters. The molecular formula is C18H22FNO5. The van der Waals surface area contributed by atoms with Crippen LogP contribution >= 0.6 is 0 Å². The molecule has 2 rings (SSSR count). The van der Waals surface area contributed by atoms with Crippen molar-refractivity contribution in [2.75, 3.05) is 13.7 Å². The summed E-state index contributed by atoms with van der Waals surface area (Å²) in [7, 11) is 1.33. The van der Waals surface area contributed by atoms with Crippen LogP contribution in [0.3, 0.4) is 0 Å². The molecule has 7 heteroatoms. The number of Topliss-reactive ketones (excluding diaryl/α,β-unsaturated/α-hetero) is 1. The van der Waals surface area contributed by atoms with E-state index in [1.807, 2.05) is 0 Å². The second-order valence-electron chi connectivity index (χ2n) is 6.10. The molecular weight excluding hydrogens is 329 g/mol. The molecule has 1 aliphatic carbocycles. The predicted molar refractivity (Wildman–Crippen MR) is 87.8 cm³/mol. The fourth-order valence-corrected chi connectivity index (χ4v) is 3.03. The maximum absolute atomic E-state index is 13.7. The fraction of sp³-hybridized carbons (Fsp3) is 0.500. The Bertz CT molecular complexity index is 655. The molecule has 0 aromatic heterocycles. The van der Waals surface area contributed by atoms with E-state index in [4.69, 9.17) is 9.47 Å². The van der Waals surface area contributed by atoms with Gasteiger partial charge in [-0.05, 0) is 37.0 Å². The fourth-order valence-electron chi connectivity index (χ4n) is 3.03. The van der Waals surface area contributed by atoms with Gasteiger partial charge >= 0.3 is 5.97 Å². The van der Waals surface area contributed by atoms with E-state index in [-0.39, 0.29) is 23.1 Å². The summed E-state index contributed by atoms with van der Waals surface area (Å²) in [6, 6.07) is 3.03. The van der Waals surface area contributed by atoms with Gasteiger partial charge in [0.05, 0.1) is 7.11 Å². The summed E-state index contributed by atoms with van der Waals surface area (Å²) < 4.78 is 23.5. The first kappa shape index (κ1) is 18.9. The summed E-state index contributed by atoms with van der Waals surface area (Å²) in [6.07, 6.45) is 3.66. The number of nitrogens with one attached hydrogen (secondary N) is 1. The van der Waals surface area contributed by atoms with E-state index < -0.39 is 30.2 Å². The van der Waals surface area contributed by atoms with Crippen LogP contribution in [0.5, 0.6) is 5.75 Å². The van der Waals surface area contributed by atoms with Crippen LogP contribution in [-0.4, -0.2) is 37.4 Å². The van der Waals surface area contributed by atoms with E-state index in [9.17, 15) is 18.8 Å². The monoisotopic (exact) mass is 351 g/mol. The molecule has 1 aliphatic rings. The number of hydrogen-bond donors (Lipinski definition) is 1. The Hall–Kier alpha value is -2.44. The first-order valence-electron chi connectivity index (χ1n) is 8.23. The number of carbonyl (C=O) groups is 3. The largest absolute Gasteiger partial charge is 0.494 e. The van der Waals surface area contributed by atoms with Gasteiger partial charge in [0.25, 0.3) is 0 Å². The van der Waals surface area contributed by atoms with Crippen LogP contribution in [0.1, 0.15) is 43.0 Å². The van der Waals surface area contributed by atoms with Crippen LogP contribution in [0, 0.1) is 11.7 Å². The first-order valence-corrected chi connectivity index (χ1v) is 8.23. The highest BCUT2D eigenvalue weighted by molar-refractivity contribution is 5.98. The smallest absolute Gasteiger partial charge is 0.329 e. The van der Waals surface area contributed by atoms with E-state index in [1.165, 1.54) is 26.2 Å². The van der Waals surface area contributed by atoms with Crippen molar-refractivity contribution in [2.45, 2.75) is 38.6 Å². The normalized spacial score (nSPS) is 15.5. The third-order valence-corrected chi connectivity index (χ3v) is 4.30. The SMILES string of the molecule is COc1ccc(C(=O)COC(=O)C(NC(C)=O)C2CCCC2)cc1F. The van der Waals surface area contributed by atoms with Gasteiger partial charge in [0.15, 0.2) is 24.0 Å². The number of benzene rings is 1. The average molecular weight is 351 g/mol. The molecule has 6 nitrogen and oxygen atoms in total. The molecule has 0 heterocycles. The zero-order chi connectivity index (χ0) is 18.4. The molecule has 0 aliphatic heterocycles. The van der Waals surface area contributed by atoms with Crippen LogP contribution in [0.25, 0.3) is 0 Å². The van der Waals surface area contributed by atoms with Gasteiger partial charge in [0, 0.05) is 12.5 Å². The molecule has 136 valence electrons. The van der Waals surface area contributed by atoms with Crippen molar-refractivity contribution in [1.82, 2.24) is 5.32 Å². The minimum Gasteiger partial charge on any atom is -0.494 e. The summed E-state index contributed by atoms with van der Waals surface area (Å²) in [4.78, 5) is 35.7. The van der Waals surface area contributed by atoms with Crippen LogP contribution in [0.4, 0.5) is 4.39 Å². The average Bonchev–Trinajstić information content (AvgIpc) is 3.11. The van der Waals surface area contributed by atoms with Crippen molar-refractivity contribution in [2.24, 2.45) is 5.92 Å². The lowest BCUT2D eigenvalue weighted by atomic mass is 9.98. The van der Waals surface area contributed by atoms with Gasteiger partial charge in [0.1, 0.15) is 6.04 Å². The van der Waals surface area contributed by atoms with Gasteiger partial charge < -0.3 is 14.8 Å². The van der Waals surface area contributed by atoms with Crippen molar-refractivity contribution in [3.63, 3.8) is 0 Å². The molecule has 1 unspecified atom stereocenters. The summed E-state index contributed by atoms with van der Waals surface area (Å²) in [6.45, 7) is 0.827. The third kappa shape index (κ3) is 5.01. The van der Waals surface area contributed by atoms with Crippen LogP contribution < -0.4 is 10.1 Å². The Morgan fingerprint density at radius 3 is 2.52 bits per heavy atom. The van der Waals surface area contributed by atoms with Gasteiger partial charge in [-0.15, -0.1) is 0 Å². The Balaban J connectivity index is 1.97. The molecule has 1 aromatic rings. The molecule has 1 fully saturated rings. The number of carbonyl (C=O) groups excluding carboxylic acids is 3. The minimum absolute atomic E-state index is 0.0185. The van der Waals surface area contributed by atoms with Gasteiger partial charge in [-0.3, -0.25) is 9.59 Å². The Morgan fingerprint density at radius 2 is 1.96 bits per heavy atom.